The lowest BCUT2D eigenvalue weighted by molar-refractivity contribution is -0.148. The molecule has 0 saturated carbocycles. The standard InChI is InChI=1S/C26H33NO3/c1-4-5-6-7-8-9-18-30-24-16-14-23(15-17-24)22-12-10-21(11-13-22)19-26(2,20-27)25(28)29-3/h10-17H,4-9,18-19H2,1-3H3. The molecule has 1 unspecified atom stereocenters. The summed E-state index contributed by atoms with van der Waals surface area (Å²) in [7, 11) is 1.31. The lowest BCUT2D eigenvalue weighted by Gasteiger charge is -2.18. The molecule has 2 aromatic carbocycles. The van der Waals surface area contributed by atoms with Crippen LogP contribution in [0.15, 0.2) is 48.5 Å². The molecule has 0 heterocycles. The number of hydrogen-bond acceptors (Lipinski definition) is 4. The van der Waals surface area contributed by atoms with E-state index in [0.29, 0.717) is 6.42 Å². The smallest absolute Gasteiger partial charge is 0.326 e. The van der Waals surface area contributed by atoms with Crippen molar-refractivity contribution in [2.45, 2.75) is 58.8 Å². The van der Waals surface area contributed by atoms with Crippen LogP contribution in [-0.4, -0.2) is 19.7 Å². The highest BCUT2D eigenvalue weighted by atomic mass is 16.5. The molecule has 4 heteroatoms. The quantitative estimate of drug-likeness (QED) is 0.304. The van der Waals surface area contributed by atoms with Crippen LogP contribution in [0.5, 0.6) is 5.75 Å². The van der Waals surface area contributed by atoms with E-state index in [0.717, 1.165) is 35.5 Å². The fraction of sp³-hybridized carbons (Fsp3) is 0.462. The zero-order valence-electron chi connectivity index (χ0n) is 18.4. The third-order valence-electron chi connectivity index (χ3n) is 5.35. The van der Waals surface area contributed by atoms with Crippen LogP contribution in [-0.2, 0) is 16.0 Å². The highest BCUT2D eigenvalue weighted by Gasteiger charge is 2.34. The Kier molecular flexibility index (Phi) is 9.41. The van der Waals surface area contributed by atoms with Crippen LogP contribution in [0.4, 0.5) is 0 Å². The number of carbonyl (C=O) groups excluding carboxylic acids is 1. The van der Waals surface area contributed by atoms with Crippen LogP contribution < -0.4 is 4.74 Å². The lowest BCUT2D eigenvalue weighted by Crippen LogP contribution is -2.29. The van der Waals surface area contributed by atoms with Gasteiger partial charge in [0, 0.05) is 6.42 Å². The zero-order valence-corrected chi connectivity index (χ0v) is 18.4. The highest BCUT2D eigenvalue weighted by molar-refractivity contribution is 5.79. The lowest BCUT2D eigenvalue weighted by atomic mass is 9.85. The van der Waals surface area contributed by atoms with E-state index in [4.69, 9.17) is 9.47 Å². The summed E-state index contributed by atoms with van der Waals surface area (Å²) in [4.78, 5) is 11.9. The van der Waals surface area contributed by atoms with E-state index in [2.05, 4.69) is 25.1 Å². The monoisotopic (exact) mass is 407 g/mol. The van der Waals surface area contributed by atoms with E-state index < -0.39 is 11.4 Å². The molecule has 1 atom stereocenters. The first-order valence-corrected chi connectivity index (χ1v) is 10.8. The molecule has 2 rings (SSSR count). The van der Waals surface area contributed by atoms with Crippen molar-refractivity contribution >= 4 is 5.97 Å². The molecule has 0 N–H and O–H groups in total. The number of unbranched alkanes of at least 4 members (excludes halogenated alkanes) is 5. The fourth-order valence-electron chi connectivity index (χ4n) is 3.42. The summed E-state index contributed by atoms with van der Waals surface area (Å²) >= 11 is 0. The number of rotatable bonds is 12. The Morgan fingerprint density at radius 1 is 0.933 bits per heavy atom. The molecule has 30 heavy (non-hydrogen) atoms. The van der Waals surface area contributed by atoms with Crippen molar-refractivity contribution in [1.29, 1.82) is 5.26 Å². The molecular formula is C26H33NO3. The molecule has 4 nitrogen and oxygen atoms in total. The number of benzene rings is 2. The maximum Gasteiger partial charge on any atom is 0.326 e. The second kappa shape index (κ2) is 12.0. The van der Waals surface area contributed by atoms with Crippen molar-refractivity contribution in [3.05, 3.63) is 54.1 Å². The van der Waals surface area contributed by atoms with Crippen LogP contribution in [0.3, 0.4) is 0 Å². The summed E-state index contributed by atoms with van der Waals surface area (Å²) in [5.41, 5.74) is 1.93. The molecule has 0 radical (unpaired) electrons. The van der Waals surface area contributed by atoms with Gasteiger partial charge in [0.25, 0.3) is 0 Å². The van der Waals surface area contributed by atoms with Crippen molar-refractivity contribution in [2.24, 2.45) is 5.41 Å². The van der Waals surface area contributed by atoms with E-state index >= 15 is 0 Å². The Morgan fingerprint density at radius 2 is 1.50 bits per heavy atom. The minimum atomic E-state index is -1.18. The minimum absolute atomic E-state index is 0.321. The number of methoxy groups -OCH3 is 1. The third kappa shape index (κ3) is 6.91. The molecule has 2 aromatic rings. The largest absolute Gasteiger partial charge is 0.494 e. The van der Waals surface area contributed by atoms with Crippen LogP contribution >= 0.6 is 0 Å². The first-order valence-electron chi connectivity index (χ1n) is 10.8. The number of carbonyl (C=O) groups is 1. The molecule has 0 bridgehead atoms. The van der Waals surface area contributed by atoms with Crippen molar-refractivity contribution in [1.82, 2.24) is 0 Å². The molecule has 0 aliphatic carbocycles. The molecule has 0 amide bonds. The fourth-order valence-corrected chi connectivity index (χ4v) is 3.42. The van der Waals surface area contributed by atoms with E-state index in [1.165, 1.54) is 39.2 Å². The molecule has 0 fully saturated rings. The molecule has 0 saturated heterocycles. The number of esters is 1. The third-order valence-corrected chi connectivity index (χ3v) is 5.35. The maximum atomic E-state index is 11.9. The van der Waals surface area contributed by atoms with Crippen molar-refractivity contribution < 1.29 is 14.3 Å². The predicted molar refractivity (Wildman–Crippen MR) is 120 cm³/mol. The molecular weight excluding hydrogens is 374 g/mol. The SMILES string of the molecule is CCCCCCCCOc1ccc(-c2ccc(CC(C)(C#N)C(=O)OC)cc2)cc1. The number of hydrogen-bond donors (Lipinski definition) is 0. The second-order valence-corrected chi connectivity index (χ2v) is 7.95. The van der Waals surface area contributed by atoms with Crippen molar-refractivity contribution in [3.63, 3.8) is 0 Å². The average Bonchev–Trinajstić information content (AvgIpc) is 2.78. The summed E-state index contributed by atoms with van der Waals surface area (Å²) in [6, 6.07) is 18.1. The van der Waals surface area contributed by atoms with E-state index in [9.17, 15) is 10.1 Å². The predicted octanol–water partition coefficient (Wildman–Crippen LogP) is 6.34. The number of ether oxygens (including phenoxy) is 2. The molecule has 0 aliphatic heterocycles. The molecule has 160 valence electrons. The van der Waals surface area contributed by atoms with Gasteiger partial charge in [0.2, 0.25) is 0 Å². The molecule has 0 spiro atoms. The molecule has 0 aliphatic rings. The van der Waals surface area contributed by atoms with Crippen LogP contribution in [0.2, 0.25) is 0 Å². The number of nitrogens with zero attached hydrogens (tertiary/aromatic N) is 1. The first kappa shape index (κ1) is 23.5. The van der Waals surface area contributed by atoms with Gasteiger partial charge in [0.05, 0.1) is 19.8 Å². The van der Waals surface area contributed by atoms with Crippen molar-refractivity contribution in [2.75, 3.05) is 13.7 Å². The topological polar surface area (TPSA) is 59.3 Å². The van der Waals surface area contributed by atoms with Crippen molar-refractivity contribution in [3.8, 4) is 22.9 Å². The van der Waals surface area contributed by atoms with E-state index in [1.54, 1.807) is 6.92 Å². The van der Waals surface area contributed by atoms with Gasteiger partial charge in [-0.2, -0.15) is 5.26 Å². The highest BCUT2D eigenvalue weighted by Crippen LogP contribution is 2.27. The average molecular weight is 408 g/mol. The van der Waals surface area contributed by atoms with Crippen LogP contribution in [0.25, 0.3) is 11.1 Å². The van der Waals surface area contributed by atoms with Gasteiger partial charge in [0.1, 0.15) is 5.75 Å². The second-order valence-electron chi connectivity index (χ2n) is 7.95. The summed E-state index contributed by atoms with van der Waals surface area (Å²) < 4.78 is 10.6. The number of nitriles is 1. The minimum Gasteiger partial charge on any atom is -0.494 e. The maximum absolute atomic E-state index is 11.9. The molecule has 0 aromatic heterocycles. The van der Waals surface area contributed by atoms with Gasteiger partial charge in [-0.05, 0) is 42.2 Å². The first-order chi connectivity index (χ1) is 14.5. The van der Waals surface area contributed by atoms with Gasteiger partial charge in [-0.25, -0.2) is 0 Å². The van der Waals surface area contributed by atoms with E-state index in [1.807, 2.05) is 36.4 Å². The zero-order chi connectivity index (χ0) is 21.8. The normalized spacial score (nSPS) is 12.6. The summed E-state index contributed by atoms with van der Waals surface area (Å²) in [5, 5.41) is 9.37. The Labute approximate surface area is 180 Å². The van der Waals surface area contributed by atoms with Gasteiger partial charge in [-0.1, -0.05) is 75.4 Å². The van der Waals surface area contributed by atoms with Gasteiger partial charge >= 0.3 is 5.97 Å². The Morgan fingerprint density at radius 3 is 2.07 bits per heavy atom. The Hall–Kier alpha value is -2.80. The van der Waals surface area contributed by atoms with Crippen LogP contribution in [0.1, 0.15) is 57.9 Å². The Bertz CT molecular complexity index is 821. The van der Waals surface area contributed by atoms with Crippen LogP contribution in [0, 0.1) is 16.7 Å². The Balaban J connectivity index is 1.88. The van der Waals surface area contributed by atoms with Gasteiger partial charge < -0.3 is 9.47 Å². The summed E-state index contributed by atoms with van der Waals surface area (Å²) in [5.74, 6) is 0.386. The summed E-state index contributed by atoms with van der Waals surface area (Å²) in [6.07, 6.45) is 7.86. The van der Waals surface area contributed by atoms with Gasteiger partial charge in [0.15, 0.2) is 5.41 Å². The van der Waals surface area contributed by atoms with E-state index in [-0.39, 0.29) is 0 Å². The van der Waals surface area contributed by atoms with Gasteiger partial charge in [-0.3, -0.25) is 4.79 Å². The van der Waals surface area contributed by atoms with Gasteiger partial charge in [-0.15, -0.1) is 0 Å². The summed E-state index contributed by atoms with van der Waals surface area (Å²) in [6.45, 7) is 4.60.